The quantitative estimate of drug-likeness (QED) is 0.585. The molecular formula is C15H21NO3. The second-order valence-electron chi connectivity index (χ2n) is 4.41. The molecule has 1 amide bonds. The summed E-state index contributed by atoms with van der Waals surface area (Å²) in [7, 11) is 0. The van der Waals surface area contributed by atoms with Crippen LogP contribution < -0.4 is 4.74 Å². The van der Waals surface area contributed by atoms with Crippen LogP contribution >= 0.6 is 0 Å². The smallest absolute Gasteiger partial charge is 0.314 e. The highest BCUT2D eigenvalue weighted by molar-refractivity contribution is 5.83. The van der Waals surface area contributed by atoms with Gasteiger partial charge in [0.2, 0.25) is 5.91 Å². The molecule has 1 atom stereocenters. The monoisotopic (exact) mass is 263 g/mol. The van der Waals surface area contributed by atoms with E-state index in [4.69, 9.17) is 4.74 Å². The number of nitrogens with zero attached hydrogens (tertiary/aromatic N) is 1. The Labute approximate surface area is 114 Å². The van der Waals surface area contributed by atoms with Crippen LogP contribution in [0.1, 0.15) is 27.2 Å². The van der Waals surface area contributed by atoms with Gasteiger partial charge in [-0.15, -0.1) is 0 Å². The van der Waals surface area contributed by atoms with Crippen molar-refractivity contribution in [3.05, 3.63) is 30.3 Å². The Morgan fingerprint density at radius 3 is 2.26 bits per heavy atom. The van der Waals surface area contributed by atoms with E-state index in [2.05, 4.69) is 0 Å². The predicted molar refractivity (Wildman–Crippen MR) is 73.8 cm³/mol. The summed E-state index contributed by atoms with van der Waals surface area (Å²) in [6.07, 6.45) is 0.188. The fourth-order valence-electron chi connectivity index (χ4n) is 1.76. The summed E-state index contributed by atoms with van der Waals surface area (Å²) in [4.78, 5) is 25.5. The number of para-hydroxylation sites is 1. The van der Waals surface area contributed by atoms with Crippen molar-refractivity contribution in [3.63, 3.8) is 0 Å². The van der Waals surface area contributed by atoms with Gasteiger partial charge in [0.15, 0.2) is 0 Å². The molecule has 0 radical (unpaired) electrons. The average Bonchev–Trinajstić information content (AvgIpc) is 2.41. The fraction of sp³-hybridized carbons (Fsp3) is 0.467. The number of rotatable bonds is 6. The molecule has 0 heterocycles. The van der Waals surface area contributed by atoms with Gasteiger partial charge in [-0.3, -0.25) is 9.59 Å². The van der Waals surface area contributed by atoms with Gasteiger partial charge >= 0.3 is 5.97 Å². The molecule has 0 N–H and O–H groups in total. The zero-order valence-electron chi connectivity index (χ0n) is 11.8. The molecule has 0 aromatic heterocycles. The molecule has 0 saturated heterocycles. The van der Waals surface area contributed by atoms with Gasteiger partial charge in [0.25, 0.3) is 0 Å². The lowest BCUT2D eigenvalue weighted by atomic mass is 10.1. The summed E-state index contributed by atoms with van der Waals surface area (Å²) >= 11 is 0. The number of carbonyl (C=O) groups is 2. The molecule has 0 fully saturated rings. The number of amides is 1. The van der Waals surface area contributed by atoms with Crippen molar-refractivity contribution < 1.29 is 14.3 Å². The minimum Gasteiger partial charge on any atom is -0.426 e. The average molecular weight is 263 g/mol. The number of benzene rings is 1. The highest BCUT2D eigenvalue weighted by Gasteiger charge is 2.21. The zero-order valence-corrected chi connectivity index (χ0v) is 11.8. The van der Waals surface area contributed by atoms with Crippen LogP contribution in [0.25, 0.3) is 0 Å². The van der Waals surface area contributed by atoms with Crippen LogP contribution in [0.5, 0.6) is 5.75 Å². The molecule has 4 heteroatoms. The first-order valence-corrected chi connectivity index (χ1v) is 6.63. The summed E-state index contributed by atoms with van der Waals surface area (Å²) in [6.45, 7) is 6.89. The van der Waals surface area contributed by atoms with Crippen LogP contribution in [0.15, 0.2) is 30.3 Å². The van der Waals surface area contributed by atoms with Gasteiger partial charge in [0.1, 0.15) is 5.75 Å². The third-order valence-corrected chi connectivity index (χ3v) is 2.96. The van der Waals surface area contributed by atoms with Crippen molar-refractivity contribution in [3.8, 4) is 5.75 Å². The third-order valence-electron chi connectivity index (χ3n) is 2.96. The molecule has 0 aliphatic rings. The largest absolute Gasteiger partial charge is 0.426 e. The van der Waals surface area contributed by atoms with Gasteiger partial charge in [-0.1, -0.05) is 25.1 Å². The molecular weight excluding hydrogens is 242 g/mol. The molecule has 1 unspecified atom stereocenters. The molecule has 0 aliphatic heterocycles. The Bertz CT molecular complexity index is 413. The lowest BCUT2D eigenvalue weighted by molar-refractivity contribution is -0.143. The van der Waals surface area contributed by atoms with Gasteiger partial charge < -0.3 is 9.64 Å². The Kier molecular flexibility index (Phi) is 6.06. The van der Waals surface area contributed by atoms with E-state index < -0.39 is 5.92 Å². The summed E-state index contributed by atoms with van der Waals surface area (Å²) in [5.74, 6) is -0.308. The van der Waals surface area contributed by atoms with E-state index >= 15 is 0 Å². The highest BCUT2D eigenvalue weighted by Crippen LogP contribution is 2.13. The first kappa shape index (κ1) is 15.2. The van der Waals surface area contributed by atoms with Crippen LogP contribution in [-0.2, 0) is 9.59 Å². The first-order chi connectivity index (χ1) is 9.08. The Morgan fingerprint density at radius 1 is 1.16 bits per heavy atom. The SMILES string of the molecule is CCN(CC)C(=O)CC(C)C(=O)Oc1ccccc1. The molecule has 1 aromatic carbocycles. The second-order valence-corrected chi connectivity index (χ2v) is 4.41. The minimum atomic E-state index is -0.437. The van der Waals surface area contributed by atoms with Gasteiger partial charge in [-0.25, -0.2) is 0 Å². The fourth-order valence-corrected chi connectivity index (χ4v) is 1.76. The Morgan fingerprint density at radius 2 is 1.74 bits per heavy atom. The van der Waals surface area contributed by atoms with Crippen molar-refractivity contribution in [2.24, 2.45) is 5.92 Å². The maximum Gasteiger partial charge on any atom is 0.314 e. The van der Waals surface area contributed by atoms with Crippen LogP contribution in [0, 0.1) is 5.92 Å². The Hall–Kier alpha value is -1.84. The van der Waals surface area contributed by atoms with Crippen molar-refractivity contribution in [2.75, 3.05) is 13.1 Å². The van der Waals surface area contributed by atoms with E-state index in [1.54, 1.807) is 36.1 Å². The van der Waals surface area contributed by atoms with Gasteiger partial charge in [0.05, 0.1) is 5.92 Å². The lowest BCUT2D eigenvalue weighted by Crippen LogP contribution is -2.33. The summed E-state index contributed by atoms with van der Waals surface area (Å²) < 4.78 is 5.21. The minimum absolute atomic E-state index is 0.0116. The van der Waals surface area contributed by atoms with Crippen molar-refractivity contribution in [2.45, 2.75) is 27.2 Å². The molecule has 0 aliphatic carbocycles. The van der Waals surface area contributed by atoms with E-state index in [1.807, 2.05) is 19.9 Å². The van der Waals surface area contributed by atoms with Crippen LogP contribution in [0.3, 0.4) is 0 Å². The van der Waals surface area contributed by atoms with Gasteiger partial charge in [-0.2, -0.15) is 0 Å². The number of carbonyl (C=O) groups excluding carboxylic acids is 2. The summed E-state index contributed by atoms with van der Waals surface area (Å²) in [5, 5.41) is 0. The Balaban J connectivity index is 2.51. The first-order valence-electron chi connectivity index (χ1n) is 6.63. The zero-order chi connectivity index (χ0) is 14.3. The predicted octanol–water partition coefficient (Wildman–Crippen LogP) is 2.49. The van der Waals surface area contributed by atoms with E-state index in [0.29, 0.717) is 18.8 Å². The summed E-state index contributed by atoms with van der Waals surface area (Å²) in [6, 6.07) is 8.89. The topological polar surface area (TPSA) is 46.6 Å². The van der Waals surface area contributed by atoms with Gasteiger partial charge in [-0.05, 0) is 26.0 Å². The maximum absolute atomic E-state index is 11.9. The van der Waals surface area contributed by atoms with Crippen LogP contribution in [-0.4, -0.2) is 29.9 Å². The van der Waals surface area contributed by atoms with Crippen molar-refractivity contribution >= 4 is 11.9 Å². The number of hydrogen-bond acceptors (Lipinski definition) is 3. The third kappa shape index (κ3) is 4.73. The van der Waals surface area contributed by atoms with E-state index in [0.717, 1.165) is 0 Å². The molecule has 1 aromatic rings. The normalized spacial score (nSPS) is 11.7. The molecule has 0 spiro atoms. The van der Waals surface area contributed by atoms with E-state index in [-0.39, 0.29) is 18.3 Å². The lowest BCUT2D eigenvalue weighted by Gasteiger charge is -2.20. The van der Waals surface area contributed by atoms with Gasteiger partial charge in [0, 0.05) is 19.5 Å². The molecule has 104 valence electrons. The maximum atomic E-state index is 11.9. The van der Waals surface area contributed by atoms with Crippen molar-refractivity contribution in [1.29, 1.82) is 0 Å². The highest BCUT2D eigenvalue weighted by atomic mass is 16.5. The molecule has 0 bridgehead atoms. The number of ether oxygens (including phenoxy) is 1. The standard InChI is InChI=1S/C15H21NO3/c1-4-16(5-2)14(17)11-12(3)15(18)19-13-9-7-6-8-10-13/h6-10,12H,4-5,11H2,1-3H3. The number of hydrogen-bond donors (Lipinski definition) is 0. The van der Waals surface area contributed by atoms with Crippen LogP contribution in [0.2, 0.25) is 0 Å². The van der Waals surface area contributed by atoms with Crippen molar-refractivity contribution in [1.82, 2.24) is 4.90 Å². The van der Waals surface area contributed by atoms with E-state index in [9.17, 15) is 9.59 Å². The van der Waals surface area contributed by atoms with E-state index in [1.165, 1.54) is 0 Å². The number of esters is 1. The molecule has 0 saturated carbocycles. The van der Waals surface area contributed by atoms with Crippen LogP contribution in [0.4, 0.5) is 0 Å². The second kappa shape index (κ2) is 7.56. The molecule has 19 heavy (non-hydrogen) atoms. The molecule has 4 nitrogen and oxygen atoms in total. The molecule has 1 rings (SSSR count). The summed E-state index contributed by atoms with van der Waals surface area (Å²) in [5.41, 5.74) is 0.